The topological polar surface area (TPSA) is 126 Å². The van der Waals surface area contributed by atoms with E-state index in [2.05, 4.69) is 25.8 Å². The molecule has 29 heavy (non-hydrogen) atoms. The molecule has 2 aromatic carbocycles. The predicted molar refractivity (Wildman–Crippen MR) is 113 cm³/mol. The molecule has 1 atom stereocenters. The number of rotatable bonds is 8. The van der Waals surface area contributed by atoms with Gasteiger partial charge in [-0.05, 0) is 24.6 Å². The number of carbonyl (C=O) groups excluding carboxylic acids is 2. The molecular formula is C20H22N6O2S. The molecule has 3 rings (SSSR count). The molecule has 1 unspecified atom stereocenters. The first-order valence-corrected chi connectivity index (χ1v) is 10.0. The Labute approximate surface area is 172 Å². The van der Waals surface area contributed by atoms with Crippen LogP contribution in [-0.4, -0.2) is 32.9 Å². The summed E-state index contributed by atoms with van der Waals surface area (Å²) in [6, 6.07) is 16.0. The van der Waals surface area contributed by atoms with Gasteiger partial charge < -0.3 is 16.4 Å². The second kappa shape index (κ2) is 9.74. The van der Waals surface area contributed by atoms with Crippen molar-refractivity contribution < 1.29 is 9.59 Å². The van der Waals surface area contributed by atoms with Crippen LogP contribution >= 0.6 is 11.8 Å². The third-order valence-corrected chi connectivity index (χ3v) is 5.10. The summed E-state index contributed by atoms with van der Waals surface area (Å²) >= 11 is 1.46. The van der Waals surface area contributed by atoms with Crippen molar-refractivity contribution in [2.24, 2.45) is 5.73 Å². The summed E-state index contributed by atoms with van der Waals surface area (Å²) in [5, 5.41) is 12.8. The van der Waals surface area contributed by atoms with Gasteiger partial charge >= 0.3 is 6.03 Å². The summed E-state index contributed by atoms with van der Waals surface area (Å²) in [4.78, 5) is 28.9. The summed E-state index contributed by atoms with van der Waals surface area (Å²) in [5.74, 6) is 1.33. The first kappa shape index (κ1) is 20.4. The molecule has 0 aliphatic carbocycles. The fraction of sp³-hybridized carbons (Fsp3) is 0.200. The van der Waals surface area contributed by atoms with Gasteiger partial charge in [0.2, 0.25) is 5.91 Å². The average molecular weight is 411 g/mol. The van der Waals surface area contributed by atoms with Crippen molar-refractivity contribution in [3.8, 4) is 0 Å². The van der Waals surface area contributed by atoms with Crippen molar-refractivity contribution >= 4 is 29.4 Å². The average Bonchev–Trinajstić information content (AvgIpc) is 3.14. The number of urea groups is 1. The highest BCUT2D eigenvalue weighted by molar-refractivity contribution is 7.99. The predicted octanol–water partition coefficient (Wildman–Crippen LogP) is 2.99. The second-order valence-corrected chi connectivity index (χ2v) is 7.42. The molecule has 0 fully saturated rings. The fourth-order valence-corrected chi connectivity index (χ4v) is 3.65. The van der Waals surface area contributed by atoms with Crippen LogP contribution in [0.3, 0.4) is 0 Å². The normalized spacial score (nSPS) is 11.6. The number of amides is 3. The number of anilines is 1. The van der Waals surface area contributed by atoms with E-state index in [-0.39, 0.29) is 18.4 Å². The van der Waals surface area contributed by atoms with Crippen molar-refractivity contribution in [1.82, 2.24) is 20.5 Å². The SMILES string of the molecule is Cc1nc(C(NC(=O)Nc2ccccc2SCCC(N)=O)c2ccccc2)n[nH]1. The van der Waals surface area contributed by atoms with Crippen molar-refractivity contribution in [2.75, 3.05) is 11.1 Å². The van der Waals surface area contributed by atoms with E-state index in [1.165, 1.54) is 11.8 Å². The molecule has 0 radical (unpaired) electrons. The lowest BCUT2D eigenvalue weighted by atomic mass is 10.1. The third kappa shape index (κ3) is 5.82. The number of para-hydroxylation sites is 1. The van der Waals surface area contributed by atoms with Gasteiger partial charge in [-0.2, -0.15) is 5.10 Å². The number of hydrogen-bond acceptors (Lipinski definition) is 5. The van der Waals surface area contributed by atoms with E-state index in [1.807, 2.05) is 48.5 Å². The molecule has 9 heteroatoms. The highest BCUT2D eigenvalue weighted by Crippen LogP contribution is 2.27. The van der Waals surface area contributed by atoms with E-state index >= 15 is 0 Å². The molecule has 3 aromatic rings. The molecule has 0 aliphatic heterocycles. The molecule has 0 bridgehead atoms. The maximum Gasteiger partial charge on any atom is 0.320 e. The van der Waals surface area contributed by atoms with Gasteiger partial charge in [0.15, 0.2) is 5.82 Å². The number of thioether (sulfide) groups is 1. The van der Waals surface area contributed by atoms with Crippen LogP contribution in [0.2, 0.25) is 0 Å². The van der Waals surface area contributed by atoms with Crippen LogP contribution < -0.4 is 16.4 Å². The van der Waals surface area contributed by atoms with Gasteiger partial charge in [-0.1, -0.05) is 42.5 Å². The third-order valence-electron chi connectivity index (χ3n) is 4.02. The molecule has 0 saturated carbocycles. The summed E-state index contributed by atoms with van der Waals surface area (Å²) in [6.07, 6.45) is 0.269. The number of nitrogens with one attached hydrogen (secondary N) is 3. The number of nitrogens with two attached hydrogens (primary N) is 1. The van der Waals surface area contributed by atoms with Crippen LogP contribution in [-0.2, 0) is 4.79 Å². The molecule has 1 heterocycles. The maximum absolute atomic E-state index is 12.7. The quantitative estimate of drug-likeness (QED) is 0.425. The smallest absolute Gasteiger partial charge is 0.320 e. The molecule has 0 saturated heterocycles. The van der Waals surface area contributed by atoms with E-state index < -0.39 is 6.04 Å². The number of aromatic nitrogens is 3. The second-order valence-electron chi connectivity index (χ2n) is 6.28. The Bertz CT molecular complexity index is 976. The zero-order chi connectivity index (χ0) is 20.6. The molecule has 5 N–H and O–H groups in total. The van der Waals surface area contributed by atoms with Gasteiger partial charge in [0.05, 0.1) is 5.69 Å². The Morgan fingerprint density at radius 1 is 1.14 bits per heavy atom. The largest absolute Gasteiger partial charge is 0.370 e. The van der Waals surface area contributed by atoms with Crippen molar-refractivity contribution in [1.29, 1.82) is 0 Å². The first-order chi connectivity index (χ1) is 14.0. The number of aryl methyl sites for hydroxylation is 1. The Kier molecular flexibility index (Phi) is 6.85. The lowest BCUT2D eigenvalue weighted by Gasteiger charge is -2.18. The molecule has 150 valence electrons. The Balaban J connectivity index is 1.73. The summed E-state index contributed by atoms with van der Waals surface area (Å²) in [5.41, 5.74) is 6.71. The van der Waals surface area contributed by atoms with Gasteiger partial charge in [-0.15, -0.1) is 11.8 Å². The van der Waals surface area contributed by atoms with Crippen LogP contribution in [0.1, 0.15) is 29.7 Å². The summed E-state index contributed by atoms with van der Waals surface area (Å²) in [6.45, 7) is 1.80. The Morgan fingerprint density at radius 3 is 2.55 bits per heavy atom. The number of aromatic amines is 1. The van der Waals surface area contributed by atoms with Crippen LogP contribution in [0, 0.1) is 6.92 Å². The monoisotopic (exact) mass is 410 g/mol. The lowest BCUT2D eigenvalue weighted by Crippen LogP contribution is -2.34. The minimum atomic E-state index is -0.504. The van der Waals surface area contributed by atoms with Gasteiger partial charge in [0.1, 0.15) is 11.9 Å². The molecule has 3 amide bonds. The Morgan fingerprint density at radius 2 is 1.86 bits per heavy atom. The number of carbonyl (C=O) groups is 2. The summed E-state index contributed by atoms with van der Waals surface area (Å²) < 4.78 is 0. The van der Waals surface area contributed by atoms with Gasteiger partial charge in [0, 0.05) is 17.1 Å². The molecule has 1 aromatic heterocycles. The zero-order valence-electron chi connectivity index (χ0n) is 15.9. The number of hydrogen-bond donors (Lipinski definition) is 4. The van der Waals surface area contributed by atoms with Crippen LogP contribution in [0.5, 0.6) is 0 Å². The standard InChI is InChI=1S/C20H22N6O2S/c1-13-22-19(26-25-13)18(14-7-3-2-4-8-14)24-20(28)23-15-9-5-6-10-16(15)29-12-11-17(21)27/h2-10,18H,11-12H2,1H3,(H2,21,27)(H,22,25,26)(H2,23,24,28). The van der Waals surface area contributed by atoms with Gasteiger partial charge in [0.25, 0.3) is 0 Å². The highest BCUT2D eigenvalue weighted by atomic mass is 32.2. The summed E-state index contributed by atoms with van der Waals surface area (Å²) in [7, 11) is 0. The zero-order valence-corrected chi connectivity index (χ0v) is 16.7. The Hall–Kier alpha value is -3.33. The van der Waals surface area contributed by atoms with E-state index in [1.54, 1.807) is 13.0 Å². The molecular weight excluding hydrogens is 388 g/mol. The van der Waals surface area contributed by atoms with Crippen LogP contribution in [0.4, 0.5) is 10.5 Å². The van der Waals surface area contributed by atoms with Gasteiger partial charge in [-0.25, -0.2) is 9.78 Å². The lowest BCUT2D eigenvalue weighted by molar-refractivity contribution is -0.117. The number of H-pyrrole nitrogens is 1. The van der Waals surface area contributed by atoms with Crippen molar-refractivity contribution in [3.05, 3.63) is 71.8 Å². The molecule has 0 aliphatic rings. The van der Waals surface area contributed by atoms with E-state index in [9.17, 15) is 9.59 Å². The minimum absolute atomic E-state index is 0.269. The van der Waals surface area contributed by atoms with Crippen molar-refractivity contribution in [2.45, 2.75) is 24.3 Å². The minimum Gasteiger partial charge on any atom is -0.370 e. The fourth-order valence-electron chi connectivity index (χ4n) is 2.68. The first-order valence-electron chi connectivity index (χ1n) is 9.04. The van der Waals surface area contributed by atoms with Crippen LogP contribution in [0.15, 0.2) is 59.5 Å². The highest BCUT2D eigenvalue weighted by Gasteiger charge is 2.21. The van der Waals surface area contributed by atoms with Crippen molar-refractivity contribution in [3.63, 3.8) is 0 Å². The van der Waals surface area contributed by atoms with Gasteiger partial charge in [-0.3, -0.25) is 9.89 Å². The number of benzene rings is 2. The molecule has 0 spiro atoms. The van der Waals surface area contributed by atoms with E-state index in [0.29, 0.717) is 23.1 Å². The maximum atomic E-state index is 12.7. The van der Waals surface area contributed by atoms with E-state index in [0.717, 1.165) is 10.5 Å². The molecule has 8 nitrogen and oxygen atoms in total. The number of nitrogens with zero attached hydrogens (tertiary/aromatic N) is 2. The van der Waals surface area contributed by atoms with E-state index in [4.69, 9.17) is 5.73 Å². The number of primary amides is 1. The van der Waals surface area contributed by atoms with Crippen LogP contribution in [0.25, 0.3) is 0 Å².